The van der Waals surface area contributed by atoms with Gasteiger partial charge in [0.1, 0.15) is 0 Å². The number of thiophene rings is 3. The van der Waals surface area contributed by atoms with Gasteiger partial charge in [0, 0.05) is 103 Å². The lowest BCUT2D eigenvalue weighted by atomic mass is 9.78. The quantitative estimate of drug-likeness (QED) is 0.132. The van der Waals surface area contributed by atoms with E-state index >= 15 is 0 Å². The van der Waals surface area contributed by atoms with E-state index in [-0.39, 0.29) is 18.3 Å². The summed E-state index contributed by atoms with van der Waals surface area (Å²) in [7, 11) is -0.304. The number of halogens is 2. The predicted octanol–water partition coefficient (Wildman–Crippen LogP) is 23.7. The van der Waals surface area contributed by atoms with Gasteiger partial charge < -0.3 is 9.31 Å². The van der Waals surface area contributed by atoms with Crippen LogP contribution in [-0.4, -0.2) is 48.2 Å². The summed E-state index contributed by atoms with van der Waals surface area (Å²) < 4.78 is 22.2. The van der Waals surface area contributed by atoms with Crippen LogP contribution in [0.4, 0.5) is 0 Å². The van der Waals surface area contributed by atoms with Gasteiger partial charge in [-0.3, -0.25) is 0 Å². The lowest BCUT2D eigenvalue weighted by molar-refractivity contribution is 0.00578. The maximum Gasteiger partial charge on any atom is 0.496 e. The Labute approximate surface area is 596 Å². The summed E-state index contributed by atoms with van der Waals surface area (Å²) in [6, 6.07) is 98.7. The molecule has 14 heteroatoms. The molecule has 0 unspecified atom stereocenters. The number of fused-ring (bicyclic) bond motifs is 9. The van der Waals surface area contributed by atoms with Crippen molar-refractivity contribution in [2.24, 2.45) is 0 Å². The van der Waals surface area contributed by atoms with Crippen LogP contribution in [0, 0.1) is 0 Å². The summed E-state index contributed by atoms with van der Waals surface area (Å²) >= 11 is 12.5. The number of benzene rings is 12. The van der Waals surface area contributed by atoms with Crippen LogP contribution < -0.4 is 5.46 Å². The summed E-state index contributed by atoms with van der Waals surface area (Å²) in [6.45, 7) is 8.38. The highest BCUT2D eigenvalue weighted by molar-refractivity contribution is 9.10. The van der Waals surface area contributed by atoms with E-state index in [1.54, 1.807) is 0 Å². The maximum absolute atomic E-state index is 6.24. The van der Waals surface area contributed by atoms with Crippen LogP contribution in [0.3, 0.4) is 0 Å². The third-order valence-corrected chi connectivity index (χ3v) is 22.8. The number of hydrogen-bond donors (Lipinski definition) is 0. The molecule has 1 aliphatic heterocycles. The molecule has 0 N–H and O–H groups in total. The van der Waals surface area contributed by atoms with E-state index in [1.165, 1.54) is 71.6 Å². The van der Waals surface area contributed by atoms with Crippen LogP contribution in [0.5, 0.6) is 0 Å². The second-order valence-electron chi connectivity index (χ2n) is 25.0. The molecule has 0 aliphatic carbocycles. The van der Waals surface area contributed by atoms with Crippen LogP contribution in [0.25, 0.3) is 151 Å². The zero-order valence-corrected chi connectivity index (χ0v) is 59.3. The summed E-state index contributed by atoms with van der Waals surface area (Å²) in [4.78, 5) is 29.4. The van der Waals surface area contributed by atoms with Crippen LogP contribution >= 0.6 is 65.9 Å². The first kappa shape index (κ1) is 63.0. The standard InChI is InChI=1S/C45H27N3S2.C21H13Br2N3.C18H19BO2S/c1-2-12-28(13-3-1)43-46-44(31-16-8-14-29(26-31)33-20-10-22-37-35-18-4-6-24-39(35)49-41(33)37)48-45(47-43)32-17-9-15-30(27-32)34-21-11-23-38-36-19-5-7-25-40(36)50-42(34)38;22-17-10-4-8-15(12-17)20-24-19(14-6-2-1-3-7-14)25-21(26-20)16-9-5-11-18(23)13-16;1-17(2)18(3,4)21-19(20-17)14-10-7-9-13-12-8-5-6-11-15(12)22-16(13)14/h1-27H;1-13H;5-11H,1-4H3. The van der Waals surface area contributed by atoms with E-state index in [0.717, 1.165) is 58.9 Å². The number of aromatic nitrogens is 6. The molecule has 17 aromatic rings. The SMILES string of the molecule is Brc1cccc(-c2nc(-c3ccccc3)nc(-c3cccc(Br)c3)n2)c1.CC1(C)OB(c2cccc3c2sc2ccccc23)OC1(C)C.c1ccc(-c2nc(-c3cccc(-c4cccc5c4sc4ccccc45)c3)nc(-c3cccc(-c4cccc5c4sc4ccccc45)c3)n2)cc1. The van der Waals surface area contributed by atoms with Crippen molar-refractivity contribution in [3.8, 4) is 90.6 Å². The largest absolute Gasteiger partial charge is 0.496 e. The Kier molecular flexibility index (Phi) is 17.1. The molecule has 1 saturated heterocycles. The van der Waals surface area contributed by atoms with Crippen molar-refractivity contribution in [1.29, 1.82) is 0 Å². The second kappa shape index (κ2) is 26.6. The highest BCUT2D eigenvalue weighted by atomic mass is 79.9. The van der Waals surface area contributed by atoms with Gasteiger partial charge in [-0.15, -0.1) is 34.0 Å². The maximum atomic E-state index is 6.24. The third-order valence-electron chi connectivity index (χ3n) is 18.1. The summed E-state index contributed by atoms with van der Waals surface area (Å²) in [5.41, 5.74) is 10.9. The first-order valence-electron chi connectivity index (χ1n) is 32.3. The summed E-state index contributed by atoms with van der Waals surface area (Å²) in [5, 5.41) is 7.76. The van der Waals surface area contributed by atoms with Gasteiger partial charge >= 0.3 is 7.12 Å². The Balaban J connectivity index is 0.000000130. The van der Waals surface area contributed by atoms with E-state index in [4.69, 9.17) is 39.2 Å². The molecule has 472 valence electrons. The second-order valence-corrected chi connectivity index (χ2v) is 30.0. The van der Waals surface area contributed by atoms with Crippen molar-refractivity contribution >= 4 is 139 Å². The van der Waals surface area contributed by atoms with Crippen molar-refractivity contribution in [3.63, 3.8) is 0 Å². The monoisotopic (exact) mass is 1450 g/mol. The zero-order chi connectivity index (χ0) is 66.5. The fraction of sp³-hybridized carbons (Fsp3) is 0.0714. The van der Waals surface area contributed by atoms with Crippen molar-refractivity contribution in [3.05, 3.63) is 294 Å². The van der Waals surface area contributed by atoms with E-state index < -0.39 is 0 Å². The number of hydrogen-bond acceptors (Lipinski definition) is 11. The lowest BCUT2D eigenvalue weighted by Gasteiger charge is -2.32. The highest BCUT2D eigenvalue weighted by Gasteiger charge is 2.52. The van der Waals surface area contributed by atoms with Gasteiger partial charge in [0.05, 0.1) is 11.2 Å². The van der Waals surface area contributed by atoms with E-state index in [1.807, 2.05) is 131 Å². The Morgan fingerprint density at radius 1 is 0.276 bits per heavy atom. The molecule has 0 atom stereocenters. The normalized spacial score (nSPS) is 13.3. The van der Waals surface area contributed by atoms with Crippen molar-refractivity contribution in [2.45, 2.75) is 38.9 Å². The van der Waals surface area contributed by atoms with Crippen LogP contribution in [0.15, 0.2) is 294 Å². The fourth-order valence-corrected chi connectivity index (χ4v) is 17.0. The molecule has 6 heterocycles. The average Bonchev–Trinajstić information content (AvgIpc) is 1.57. The molecular weight excluding hydrogens is 1390 g/mol. The number of nitrogens with zero attached hydrogens (tertiary/aromatic N) is 6. The number of rotatable bonds is 9. The van der Waals surface area contributed by atoms with E-state index in [2.05, 4.69) is 248 Å². The van der Waals surface area contributed by atoms with Crippen molar-refractivity contribution in [2.75, 3.05) is 0 Å². The van der Waals surface area contributed by atoms with E-state index in [9.17, 15) is 0 Å². The summed E-state index contributed by atoms with van der Waals surface area (Å²) in [5.74, 6) is 3.91. The molecule has 0 saturated carbocycles. The van der Waals surface area contributed by atoms with Crippen LogP contribution in [0.1, 0.15) is 27.7 Å². The van der Waals surface area contributed by atoms with Crippen LogP contribution in [-0.2, 0) is 9.31 Å². The van der Waals surface area contributed by atoms with Gasteiger partial charge in [-0.05, 0) is 110 Å². The first-order valence-corrected chi connectivity index (χ1v) is 36.3. The molecule has 8 nitrogen and oxygen atoms in total. The topological polar surface area (TPSA) is 95.8 Å². The van der Waals surface area contributed by atoms with E-state index in [0.29, 0.717) is 34.9 Å². The minimum absolute atomic E-state index is 0.304. The zero-order valence-electron chi connectivity index (χ0n) is 53.7. The Morgan fingerprint density at radius 2 is 0.561 bits per heavy atom. The smallest absolute Gasteiger partial charge is 0.399 e. The minimum atomic E-state index is -0.309. The molecule has 98 heavy (non-hydrogen) atoms. The van der Waals surface area contributed by atoms with Gasteiger partial charge in [-0.25, -0.2) is 29.9 Å². The van der Waals surface area contributed by atoms with Gasteiger partial charge in [0.2, 0.25) is 0 Å². The lowest BCUT2D eigenvalue weighted by Crippen LogP contribution is -2.41. The Hall–Kier alpha value is -9.74. The average molecular weight is 1450 g/mol. The van der Waals surface area contributed by atoms with Gasteiger partial charge in [0.15, 0.2) is 34.9 Å². The molecular formula is C84H59BBr2N6O2S3. The highest BCUT2D eigenvalue weighted by Crippen LogP contribution is 2.44. The predicted molar refractivity (Wildman–Crippen MR) is 419 cm³/mol. The fourth-order valence-electron chi connectivity index (χ4n) is 12.5. The first-order chi connectivity index (χ1) is 47.8. The Bertz CT molecular complexity index is 5610. The molecule has 1 fully saturated rings. The van der Waals surface area contributed by atoms with Gasteiger partial charge in [0.25, 0.3) is 0 Å². The minimum Gasteiger partial charge on any atom is -0.399 e. The van der Waals surface area contributed by atoms with Crippen molar-refractivity contribution < 1.29 is 9.31 Å². The van der Waals surface area contributed by atoms with Gasteiger partial charge in [-0.1, -0.05) is 262 Å². The molecule has 0 spiro atoms. The Morgan fingerprint density at radius 3 is 0.959 bits per heavy atom. The third kappa shape index (κ3) is 12.5. The van der Waals surface area contributed by atoms with Gasteiger partial charge in [-0.2, -0.15) is 0 Å². The molecule has 0 bridgehead atoms. The molecule has 5 aromatic heterocycles. The molecule has 0 amide bonds. The van der Waals surface area contributed by atoms with Crippen molar-refractivity contribution in [1.82, 2.24) is 29.9 Å². The molecule has 1 aliphatic rings. The van der Waals surface area contributed by atoms with Crippen LogP contribution in [0.2, 0.25) is 0 Å². The molecule has 0 radical (unpaired) electrons. The molecule has 18 rings (SSSR count). The molecule has 12 aromatic carbocycles. The summed E-state index contributed by atoms with van der Waals surface area (Å²) in [6.07, 6.45) is 0.